The van der Waals surface area contributed by atoms with Gasteiger partial charge in [0.25, 0.3) is 5.69 Å². The Kier molecular flexibility index (Phi) is 3.78. The van der Waals surface area contributed by atoms with Crippen LogP contribution < -0.4 is 0 Å². The molecule has 0 N–H and O–H groups in total. The van der Waals surface area contributed by atoms with Crippen molar-refractivity contribution in [3.05, 3.63) is 112 Å². The van der Waals surface area contributed by atoms with Crippen LogP contribution in [0.2, 0.25) is 0 Å². The highest BCUT2D eigenvalue weighted by Crippen LogP contribution is 2.70. The van der Waals surface area contributed by atoms with Crippen molar-refractivity contribution in [3.8, 4) is 6.07 Å². The zero-order valence-electron chi connectivity index (χ0n) is 13.9. The molecule has 26 heavy (non-hydrogen) atoms. The molecular formula is C22H16N2O2. The lowest BCUT2D eigenvalue weighted by molar-refractivity contribution is -0.384. The zero-order chi connectivity index (χ0) is 18.1. The highest BCUT2D eigenvalue weighted by Gasteiger charge is 2.67. The van der Waals surface area contributed by atoms with Crippen LogP contribution in [0.3, 0.4) is 0 Å². The number of hydrogen-bond donors (Lipinski definition) is 0. The Bertz CT molecular complexity index is 931. The Hall–Kier alpha value is -3.45. The standard InChI is InChI=1S/C22H16N2O2/c23-15-22(18-11-13-19(14-12-18)24(25)26)20(16-7-3-1-4-8-16)21(22)17-9-5-2-6-10-17/h1-14,20-21H/t20-,21+,22?. The predicted octanol–water partition coefficient (Wildman–Crippen LogP) is 4.94. The number of rotatable bonds is 4. The fourth-order valence-corrected chi connectivity index (χ4v) is 4.04. The Morgan fingerprint density at radius 2 is 1.27 bits per heavy atom. The number of nitro groups is 1. The highest BCUT2D eigenvalue weighted by molar-refractivity contribution is 5.59. The van der Waals surface area contributed by atoms with E-state index in [-0.39, 0.29) is 17.5 Å². The molecule has 0 bridgehead atoms. The van der Waals surface area contributed by atoms with Crippen molar-refractivity contribution in [2.24, 2.45) is 0 Å². The summed E-state index contributed by atoms with van der Waals surface area (Å²) in [7, 11) is 0. The first-order valence-corrected chi connectivity index (χ1v) is 8.44. The van der Waals surface area contributed by atoms with Crippen molar-refractivity contribution < 1.29 is 4.92 Å². The summed E-state index contributed by atoms with van der Waals surface area (Å²) >= 11 is 0. The van der Waals surface area contributed by atoms with Crippen molar-refractivity contribution >= 4 is 5.69 Å². The third-order valence-corrected chi connectivity index (χ3v) is 5.26. The van der Waals surface area contributed by atoms with E-state index in [2.05, 4.69) is 6.07 Å². The zero-order valence-corrected chi connectivity index (χ0v) is 13.9. The number of nitro benzene ring substituents is 1. The van der Waals surface area contributed by atoms with Crippen LogP contribution in [0.15, 0.2) is 84.9 Å². The van der Waals surface area contributed by atoms with E-state index in [0.29, 0.717) is 0 Å². The first kappa shape index (κ1) is 16.0. The monoisotopic (exact) mass is 340 g/mol. The molecule has 1 aliphatic carbocycles. The molecule has 0 aliphatic heterocycles. The van der Waals surface area contributed by atoms with Crippen molar-refractivity contribution in [3.63, 3.8) is 0 Å². The second-order valence-corrected chi connectivity index (χ2v) is 6.56. The largest absolute Gasteiger partial charge is 0.269 e. The molecule has 0 heterocycles. The van der Waals surface area contributed by atoms with Gasteiger partial charge >= 0.3 is 0 Å². The molecule has 3 aromatic rings. The molecule has 0 amide bonds. The Morgan fingerprint density at radius 1 is 0.808 bits per heavy atom. The van der Waals surface area contributed by atoms with E-state index in [9.17, 15) is 15.4 Å². The van der Waals surface area contributed by atoms with Crippen molar-refractivity contribution in [1.82, 2.24) is 0 Å². The van der Waals surface area contributed by atoms with Gasteiger partial charge in [-0.25, -0.2) is 0 Å². The van der Waals surface area contributed by atoms with Gasteiger partial charge in [0, 0.05) is 24.0 Å². The molecule has 0 saturated heterocycles. The van der Waals surface area contributed by atoms with Gasteiger partial charge in [0.15, 0.2) is 0 Å². The maximum absolute atomic E-state index is 11.0. The second-order valence-electron chi connectivity index (χ2n) is 6.56. The van der Waals surface area contributed by atoms with E-state index in [1.165, 1.54) is 12.1 Å². The molecule has 1 unspecified atom stereocenters. The third-order valence-electron chi connectivity index (χ3n) is 5.26. The molecule has 4 nitrogen and oxygen atoms in total. The smallest absolute Gasteiger partial charge is 0.258 e. The molecule has 3 atom stereocenters. The van der Waals surface area contributed by atoms with E-state index in [0.717, 1.165) is 16.7 Å². The lowest BCUT2D eigenvalue weighted by Gasteiger charge is -2.10. The molecule has 4 rings (SSSR count). The van der Waals surface area contributed by atoms with Gasteiger partial charge in [-0.3, -0.25) is 10.1 Å². The van der Waals surface area contributed by atoms with Gasteiger partial charge in [0.05, 0.1) is 16.4 Å². The molecule has 0 radical (unpaired) electrons. The van der Waals surface area contributed by atoms with Gasteiger partial charge in [0.2, 0.25) is 0 Å². The topological polar surface area (TPSA) is 66.9 Å². The predicted molar refractivity (Wildman–Crippen MR) is 98.8 cm³/mol. The first-order chi connectivity index (χ1) is 12.7. The first-order valence-electron chi connectivity index (χ1n) is 8.44. The Morgan fingerprint density at radius 3 is 1.65 bits per heavy atom. The summed E-state index contributed by atoms with van der Waals surface area (Å²) in [5.74, 6) is 0.0510. The van der Waals surface area contributed by atoms with E-state index in [1.54, 1.807) is 12.1 Å². The molecule has 1 saturated carbocycles. The molecule has 126 valence electrons. The van der Waals surface area contributed by atoms with E-state index < -0.39 is 10.3 Å². The van der Waals surface area contributed by atoms with E-state index in [4.69, 9.17) is 0 Å². The number of benzene rings is 3. The second kappa shape index (κ2) is 6.12. The fourth-order valence-electron chi connectivity index (χ4n) is 4.04. The van der Waals surface area contributed by atoms with Gasteiger partial charge in [-0.05, 0) is 16.7 Å². The maximum Gasteiger partial charge on any atom is 0.269 e. The summed E-state index contributed by atoms with van der Waals surface area (Å²) in [5, 5.41) is 21.1. The lowest BCUT2D eigenvalue weighted by Crippen LogP contribution is -2.08. The van der Waals surface area contributed by atoms with Crippen LogP contribution in [0.5, 0.6) is 0 Å². The molecular weight excluding hydrogens is 324 g/mol. The molecule has 3 aromatic carbocycles. The average Bonchev–Trinajstić information content (AvgIpc) is 3.40. The summed E-state index contributed by atoms with van der Waals surface area (Å²) in [6.45, 7) is 0. The number of hydrogen-bond acceptors (Lipinski definition) is 3. The maximum atomic E-state index is 11.0. The van der Waals surface area contributed by atoms with Crippen molar-refractivity contribution in [1.29, 1.82) is 5.26 Å². The normalized spacial score (nSPS) is 23.8. The highest BCUT2D eigenvalue weighted by atomic mass is 16.6. The molecule has 1 aliphatic rings. The molecule has 0 aromatic heterocycles. The third kappa shape index (κ3) is 2.37. The lowest BCUT2D eigenvalue weighted by atomic mass is 9.90. The minimum absolute atomic E-state index is 0.0255. The van der Waals surface area contributed by atoms with Crippen LogP contribution in [0, 0.1) is 21.4 Å². The molecule has 4 heteroatoms. The van der Waals surface area contributed by atoms with E-state index in [1.807, 2.05) is 60.7 Å². The van der Waals surface area contributed by atoms with Gasteiger partial charge < -0.3 is 0 Å². The number of nitrogens with zero attached hydrogens (tertiary/aromatic N) is 2. The Balaban J connectivity index is 1.84. The van der Waals surface area contributed by atoms with Crippen LogP contribution in [0.4, 0.5) is 5.69 Å². The van der Waals surface area contributed by atoms with Crippen LogP contribution in [-0.2, 0) is 5.41 Å². The number of non-ortho nitro benzene ring substituents is 1. The fraction of sp³-hybridized carbons (Fsp3) is 0.136. The van der Waals surface area contributed by atoms with Gasteiger partial charge in [-0.2, -0.15) is 5.26 Å². The van der Waals surface area contributed by atoms with Crippen LogP contribution in [-0.4, -0.2) is 4.92 Å². The van der Waals surface area contributed by atoms with Crippen LogP contribution in [0.1, 0.15) is 28.5 Å². The summed E-state index contributed by atoms with van der Waals surface area (Å²) in [6.07, 6.45) is 0. The van der Waals surface area contributed by atoms with Gasteiger partial charge in [0.1, 0.15) is 0 Å². The quantitative estimate of drug-likeness (QED) is 0.499. The summed E-state index contributed by atoms with van der Waals surface area (Å²) in [4.78, 5) is 10.5. The molecule has 0 spiro atoms. The Labute approximate surface area is 151 Å². The van der Waals surface area contributed by atoms with Gasteiger partial charge in [-0.1, -0.05) is 72.8 Å². The SMILES string of the molecule is N#CC1(c2ccc([N+](=O)[O-])cc2)[C@H](c2ccccc2)[C@@H]1c1ccccc1. The van der Waals surface area contributed by atoms with E-state index >= 15 is 0 Å². The van der Waals surface area contributed by atoms with Crippen molar-refractivity contribution in [2.75, 3.05) is 0 Å². The van der Waals surface area contributed by atoms with Gasteiger partial charge in [-0.15, -0.1) is 0 Å². The number of nitriles is 1. The summed E-state index contributed by atoms with van der Waals surface area (Å²) in [6, 6.07) is 29.0. The average molecular weight is 340 g/mol. The van der Waals surface area contributed by atoms with Crippen LogP contribution in [0.25, 0.3) is 0 Å². The van der Waals surface area contributed by atoms with Crippen LogP contribution >= 0.6 is 0 Å². The molecule has 1 fully saturated rings. The van der Waals surface area contributed by atoms with Crippen molar-refractivity contribution in [2.45, 2.75) is 17.3 Å². The summed E-state index contributed by atoms with van der Waals surface area (Å²) < 4.78 is 0. The minimum atomic E-state index is -0.710. The summed E-state index contributed by atoms with van der Waals surface area (Å²) in [5.41, 5.74) is 2.38. The minimum Gasteiger partial charge on any atom is -0.258 e.